The van der Waals surface area contributed by atoms with Crippen LogP contribution in [0.15, 0.2) is 39.5 Å². The zero-order valence-corrected chi connectivity index (χ0v) is 16.7. The van der Waals surface area contributed by atoms with Crippen molar-refractivity contribution in [2.45, 2.75) is 30.7 Å². The van der Waals surface area contributed by atoms with Gasteiger partial charge in [0, 0.05) is 11.6 Å². The van der Waals surface area contributed by atoms with E-state index in [1.165, 1.54) is 24.3 Å². The highest BCUT2D eigenvalue weighted by Gasteiger charge is 2.45. The van der Waals surface area contributed by atoms with Crippen molar-refractivity contribution in [2.24, 2.45) is 0 Å². The van der Waals surface area contributed by atoms with Gasteiger partial charge in [-0.05, 0) is 24.3 Å². The fourth-order valence-electron chi connectivity index (χ4n) is 3.48. The van der Waals surface area contributed by atoms with E-state index >= 15 is 0 Å². The maximum Gasteiger partial charge on any atom is 0.238 e. The molecule has 0 amide bonds. The fraction of sp³-hybridized carbons (Fsp3) is 0.286. The van der Waals surface area contributed by atoms with Crippen molar-refractivity contribution >= 4 is 11.0 Å². The van der Waals surface area contributed by atoms with Crippen molar-refractivity contribution in [3.63, 3.8) is 0 Å². The molecule has 0 spiro atoms. The van der Waals surface area contributed by atoms with Crippen molar-refractivity contribution in [1.82, 2.24) is 0 Å². The molecule has 0 aliphatic carbocycles. The average molecular weight is 464 g/mol. The average Bonchev–Trinajstić information content (AvgIpc) is 2.80. The molecule has 1 aliphatic heterocycles. The van der Waals surface area contributed by atoms with Crippen LogP contribution in [0.5, 0.6) is 28.7 Å². The molecule has 3 aromatic rings. The molecule has 1 saturated heterocycles. The summed E-state index contributed by atoms with van der Waals surface area (Å²) >= 11 is 0. The molecule has 33 heavy (non-hydrogen) atoms. The number of rotatable bonds is 4. The van der Waals surface area contributed by atoms with Crippen LogP contribution in [0.25, 0.3) is 22.3 Å². The molecule has 1 aliphatic rings. The van der Waals surface area contributed by atoms with Gasteiger partial charge in [0.15, 0.2) is 17.3 Å². The van der Waals surface area contributed by atoms with E-state index in [-0.39, 0.29) is 22.7 Å². The Morgan fingerprint density at radius 2 is 1.55 bits per heavy atom. The molecule has 0 bridgehead atoms. The van der Waals surface area contributed by atoms with Crippen LogP contribution in [0.4, 0.5) is 0 Å². The molecular formula is C21H20O12. The van der Waals surface area contributed by atoms with Crippen molar-refractivity contribution in [3.8, 4) is 40.1 Å². The van der Waals surface area contributed by atoms with E-state index in [1.807, 2.05) is 0 Å². The molecule has 2 heterocycles. The van der Waals surface area contributed by atoms with E-state index in [0.29, 0.717) is 0 Å². The number of phenols is 3. The Bertz CT molecular complexity index is 1230. The van der Waals surface area contributed by atoms with Crippen molar-refractivity contribution in [3.05, 3.63) is 40.6 Å². The summed E-state index contributed by atoms with van der Waals surface area (Å²) in [6.07, 6.45) is -8.19. The van der Waals surface area contributed by atoms with Crippen LogP contribution in [0.2, 0.25) is 0 Å². The summed E-state index contributed by atoms with van der Waals surface area (Å²) in [5, 5.41) is 79.0. The van der Waals surface area contributed by atoms with Gasteiger partial charge in [-0.1, -0.05) is 0 Å². The van der Waals surface area contributed by atoms with Gasteiger partial charge in [0.2, 0.25) is 23.2 Å². The van der Waals surface area contributed by atoms with Gasteiger partial charge in [0.25, 0.3) is 0 Å². The minimum Gasteiger partial charge on any atom is -0.508 e. The lowest BCUT2D eigenvalue weighted by Gasteiger charge is -2.39. The van der Waals surface area contributed by atoms with E-state index < -0.39 is 71.1 Å². The van der Waals surface area contributed by atoms with Gasteiger partial charge in [0.05, 0.1) is 6.61 Å². The second-order valence-corrected chi connectivity index (χ2v) is 7.42. The van der Waals surface area contributed by atoms with Crippen LogP contribution in [0.1, 0.15) is 0 Å². The molecule has 4 rings (SSSR count). The summed E-state index contributed by atoms with van der Waals surface area (Å²) in [5.74, 6) is -3.70. The van der Waals surface area contributed by atoms with E-state index in [1.54, 1.807) is 0 Å². The number of phenolic OH excluding ortho intramolecular Hbond substituents is 3. The largest absolute Gasteiger partial charge is 0.508 e. The lowest BCUT2D eigenvalue weighted by Crippen LogP contribution is -2.60. The zero-order valence-electron chi connectivity index (χ0n) is 16.7. The summed E-state index contributed by atoms with van der Waals surface area (Å²) < 4.78 is 16.1. The fourth-order valence-corrected chi connectivity index (χ4v) is 3.48. The molecule has 12 heteroatoms. The predicted octanol–water partition coefficient (Wildman–Crippen LogP) is -0.539. The summed E-state index contributed by atoms with van der Waals surface area (Å²) in [4.78, 5) is 12.7. The number of benzene rings is 2. The van der Waals surface area contributed by atoms with E-state index in [4.69, 9.17) is 13.9 Å². The third-order valence-corrected chi connectivity index (χ3v) is 5.29. The Kier molecular flexibility index (Phi) is 5.78. The monoisotopic (exact) mass is 464 g/mol. The first-order valence-corrected chi connectivity index (χ1v) is 9.65. The van der Waals surface area contributed by atoms with Gasteiger partial charge in [0.1, 0.15) is 41.1 Å². The highest BCUT2D eigenvalue weighted by atomic mass is 16.7. The van der Waals surface area contributed by atoms with Crippen molar-refractivity contribution in [1.29, 1.82) is 0 Å². The number of ether oxygens (including phenoxy) is 2. The van der Waals surface area contributed by atoms with Gasteiger partial charge >= 0.3 is 0 Å². The molecule has 0 unspecified atom stereocenters. The molecule has 176 valence electrons. The van der Waals surface area contributed by atoms with Crippen LogP contribution in [0, 0.1) is 0 Å². The summed E-state index contributed by atoms with van der Waals surface area (Å²) in [5.41, 5.74) is -1.17. The molecule has 1 fully saturated rings. The number of fused-ring (bicyclic) bond motifs is 1. The summed E-state index contributed by atoms with van der Waals surface area (Å²) in [7, 11) is 0. The molecule has 8 N–H and O–H groups in total. The quantitative estimate of drug-likeness (QED) is 0.229. The van der Waals surface area contributed by atoms with E-state index in [0.717, 1.165) is 6.07 Å². The van der Waals surface area contributed by atoms with Crippen LogP contribution >= 0.6 is 0 Å². The standard InChI is InChI=1S/C21H20O12/c22-6-11-14(25)17(28)19(30)21(33-11)32-10-5-9-12(15(26)13(10)24)16(27)18(29)20(31-9)7-1-3-8(23)4-2-7/h1-5,11,14,17,19,21-26,28-30H,6H2/t11-,14-,17-,19-,21-/m1/s1. The lowest BCUT2D eigenvalue weighted by atomic mass is 9.99. The first kappa shape index (κ1) is 22.6. The first-order chi connectivity index (χ1) is 15.6. The summed E-state index contributed by atoms with van der Waals surface area (Å²) in [6.45, 7) is -0.718. The first-order valence-electron chi connectivity index (χ1n) is 9.65. The van der Waals surface area contributed by atoms with Gasteiger partial charge < -0.3 is 54.7 Å². The van der Waals surface area contributed by atoms with Crippen molar-refractivity contribution < 1.29 is 54.7 Å². The highest BCUT2D eigenvalue weighted by Crippen LogP contribution is 2.44. The van der Waals surface area contributed by atoms with E-state index in [2.05, 4.69) is 0 Å². The van der Waals surface area contributed by atoms with Gasteiger partial charge in [-0.25, -0.2) is 0 Å². The van der Waals surface area contributed by atoms with Crippen LogP contribution in [-0.4, -0.2) is 78.2 Å². The number of aliphatic hydroxyl groups is 4. The minimum absolute atomic E-state index is 0.0702. The number of hydrogen-bond acceptors (Lipinski definition) is 12. The maximum absolute atomic E-state index is 12.7. The smallest absolute Gasteiger partial charge is 0.238 e. The number of aromatic hydroxyl groups is 4. The van der Waals surface area contributed by atoms with Crippen molar-refractivity contribution in [2.75, 3.05) is 6.61 Å². The predicted molar refractivity (Wildman–Crippen MR) is 109 cm³/mol. The van der Waals surface area contributed by atoms with Gasteiger partial charge in [-0.2, -0.15) is 0 Å². The Morgan fingerprint density at radius 1 is 0.879 bits per heavy atom. The Hall–Kier alpha value is -3.55. The molecule has 5 atom stereocenters. The number of hydrogen-bond donors (Lipinski definition) is 8. The SMILES string of the molecule is O=c1c(O)c(-c2ccc(O)cc2)oc2cc(O[C@@H]3O[C@H](CO)[C@@H](O)[C@@H](O)[C@H]3O)c(O)c(O)c12. The lowest BCUT2D eigenvalue weighted by molar-refractivity contribution is -0.277. The molecule has 0 radical (unpaired) electrons. The van der Waals surface area contributed by atoms with Crippen LogP contribution < -0.4 is 10.2 Å². The number of aliphatic hydroxyl groups excluding tert-OH is 4. The summed E-state index contributed by atoms with van der Waals surface area (Å²) in [6, 6.07) is 6.30. The molecular weight excluding hydrogens is 444 g/mol. The molecule has 0 saturated carbocycles. The molecule has 12 nitrogen and oxygen atoms in total. The molecule has 1 aromatic heterocycles. The second-order valence-electron chi connectivity index (χ2n) is 7.42. The minimum atomic E-state index is -1.81. The zero-order chi connectivity index (χ0) is 24.0. The Balaban J connectivity index is 1.80. The molecule has 2 aromatic carbocycles. The van der Waals surface area contributed by atoms with Crippen LogP contribution in [-0.2, 0) is 4.74 Å². The third kappa shape index (κ3) is 3.79. The Morgan fingerprint density at radius 3 is 2.18 bits per heavy atom. The topological polar surface area (TPSA) is 211 Å². The van der Waals surface area contributed by atoms with Gasteiger partial charge in [-0.3, -0.25) is 4.79 Å². The normalized spacial score (nSPS) is 25.3. The maximum atomic E-state index is 12.7. The highest BCUT2D eigenvalue weighted by molar-refractivity contribution is 5.91. The third-order valence-electron chi connectivity index (χ3n) is 5.29. The van der Waals surface area contributed by atoms with E-state index in [9.17, 15) is 45.6 Å². The Labute approximate surface area is 184 Å². The second kappa shape index (κ2) is 8.42. The van der Waals surface area contributed by atoms with Gasteiger partial charge in [-0.15, -0.1) is 0 Å². The van der Waals surface area contributed by atoms with Crippen LogP contribution in [0.3, 0.4) is 0 Å².